The van der Waals surface area contributed by atoms with Gasteiger partial charge in [0.2, 0.25) is 0 Å². The number of hydrogen-bond donors (Lipinski definition) is 2. The zero-order valence-corrected chi connectivity index (χ0v) is 10.7. The molecule has 2 aromatic heterocycles. The number of amides is 1. The van der Waals surface area contributed by atoms with Crippen LogP contribution in [-0.4, -0.2) is 15.5 Å². The van der Waals surface area contributed by atoms with Crippen LogP contribution in [-0.2, 0) is 13.6 Å². The molecule has 0 aliphatic rings. The van der Waals surface area contributed by atoms with E-state index in [1.807, 2.05) is 60.5 Å². The van der Waals surface area contributed by atoms with Gasteiger partial charge in [-0.25, -0.2) is 0 Å². The first-order valence-corrected chi connectivity index (χ1v) is 6.19. The molecule has 19 heavy (non-hydrogen) atoms. The van der Waals surface area contributed by atoms with Crippen LogP contribution in [0, 0.1) is 0 Å². The number of H-pyrrole nitrogens is 1. The molecule has 96 valence electrons. The Hall–Kier alpha value is -2.49. The Kier molecular flexibility index (Phi) is 2.83. The lowest BCUT2D eigenvalue weighted by molar-refractivity contribution is 0.0952. The lowest BCUT2D eigenvalue weighted by atomic mass is 10.1. The molecule has 3 aromatic rings. The quantitative estimate of drug-likeness (QED) is 0.740. The fraction of sp³-hybridized carbons (Fsp3) is 0.133. The van der Waals surface area contributed by atoms with Gasteiger partial charge < -0.3 is 14.9 Å². The van der Waals surface area contributed by atoms with Crippen molar-refractivity contribution < 1.29 is 4.79 Å². The standard InChI is InChI=1S/C15H15N3O/c1-18-10-13(12-4-2-3-5-14(12)18)15(19)17-9-11-6-7-16-8-11/h2-8,10,16H,9H2,1H3,(H,17,19). The lowest BCUT2D eigenvalue weighted by Crippen LogP contribution is -2.22. The van der Waals surface area contributed by atoms with Crippen LogP contribution >= 0.6 is 0 Å². The summed E-state index contributed by atoms with van der Waals surface area (Å²) in [4.78, 5) is 15.2. The molecule has 1 aromatic carbocycles. The summed E-state index contributed by atoms with van der Waals surface area (Å²) in [6.07, 6.45) is 5.60. The maximum atomic E-state index is 12.2. The minimum atomic E-state index is -0.0435. The summed E-state index contributed by atoms with van der Waals surface area (Å²) in [6, 6.07) is 9.86. The van der Waals surface area contributed by atoms with Gasteiger partial charge in [0.05, 0.1) is 5.56 Å². The summed E-state index contributed by atoms with van der Waals surface area (Å²) in [7, 11) is 1.95. The van der Waals surface area contributed by atoms with Gasteiger partial charge in [0, 0.05) is 43.1 Å². The summed E-state index contributed by atoms with van der Waals surface area (Å²) in [5.74, 6) is -0.0435. The van der Waals surface area contributed by atoms with E-state index >= 15 is 0 Å². The molecule has 4 heteroatoms. The number of hydrogen-bond acceptors (Lipinski definition) is 1. The van der Waals surface area contributed by atoms with E-state index in [4.69, 9.17) is 0 Å². The number of benzene rings is 1. The molecule has 2 N–H and O–H groups in total. The van der Waals surface area contributed by atoms with Gasteiger partial charge in [-0.3, -0.25) is 4.79 Å². The molecule has 0 aliphatic carbocycles. The average Bonchev–Trinajstić information content (AvgIpc) is 3.05. The number of nitrogens with zero attached hydrogens (tertiary/aromatic N) is 1. The number of rotatable bonds is 3. The van der Waals surface area contributed by atoms with Crippen LogP contribution in [0.1, 0.15) is 15.9 Å². The first kappa shape index (κ1) is 11.6. The van der Waals surface area contributed by atoms with Gasteiger partial charge in [-0.05, 0) is 17.7 Å². The van der Waals surface area contributed by atoms with Crippen molar-refractivity contribution in [1.82, 2.24) is 14.9 Å². The highest BCUT2D eigenvalue weighted by molar-refractivity contribution is 6.06. The van der Waals surface area contributed by atoms with Gasteiger partial charge >= 0.3 is 0 Å². The van der Waals surface area contributed by atoms with Crippen molar-refractivity contribution in [3.8, 4) is 0 Å². The van der Waals surface area contributed by atoms with E-state index in [1.165, 1.54) is 0 Å². The highest BCUT2D eigenvalue weighted by atomic mass is 16.1. The lowest BCUT2D eigenvalue weighted by Gasteiger charge is -2.02. The topological polar surface area (TPSA) is 49.8 Å². The Morgan fingerprint density at radius 2 is 2.16 bits per heavy atom. The van der Waals surface area contributed by atoms with E-state index in [-0.39, 0.29) is 5.91 Å². The third-order valence-electron chi connectivity index (χ3n) is 3.26. The second-order valence-corrected chi connectivity index (χ2v) is 4.57. The van der Waals surface area contributed by atoms with Crippen molar-refractivity contribution in [2.45, 2.75) is 6.54 Å². The Morgan fingerprint density at radius 3 is 2.95 bits per heavy atom. The zero-order valence-electron chi connectivity index (χ0n) is 10.7. The normalized spacial score (nSPS) is 10.8. The number of carbonyl (C=O) groups excluding carboxylic acids is 1. The highest BCUT2D eigenvalue weighted by Gasteiger charge is 2.12. The van der Waals surface area contributed by atoms with Crippen molar-refractivity contribution >= 4 is 16.8 Å². The average molecular weight is 253 g/mol. The molecule has 0 radical (unpaired) electrons. The summed E-state index contributed by atoms with van der Waals surface area (Å²) in [5, 5.41) is 3.92. The summed E-state index contributed by atoms with van der Waals surface area (Å²) < 4.78 is 1.97. The fourth-order valence-corrected chi connectivity index (χ4v) is 2.27. The summed E-state index contributed by atoms with van der Waals surface area (Å²) >= 11 is 0. The molecule has 0 saturated heterocycles. The molecule has 1 amide bonds. The van der Waals surface area contributed by atoms with Crippen molar-refractivity contribution in [3.05, 3.63) is 60.0 Å². The van der Waals surface area contributed by atoms with Crippen LogP contribution in [0.5, 0.6) is 0 Å². The Balaban J connectivity index is 1.85. The second kappa shape index (κ2) is 4.65. The molecule has 4 nitrogen and oxygen atoms in total. The van der Waals surface area contributed by atoms with E-state index in [0.717, 1.165) is 16.5 Å². The SMILES string of the molecule is Cn1cc(C(=O)NCc2cc[nH]c2)c2ccccc21. The number of aryl methyl sites for hydroxylation is 1. The summed E-state index contributed by atoms with van der Waals surface area (Å²) in [5.41, 5.74) is 2.84. The van der Waals surface area contributed by atoms with E-state index in [0.29, 0.717) is 12.1 Å². The van der Waals surface area contributed by atoms with Crippen LogP contribution < -0.4 is 5.32 Å². The minimum absolute atomic E-state index is 0.0435. The molecule has 2 heterocycles. The zero-order chi connectivity index (χ0) is 13.2. The van der Waals surface area contributed by atoms with E-state index in [9.17, 15) is 4.79 Å². The van der Waals surface area contributed by atoms with Gasteiger partial charge in [0.15, 0.2) is 0 Å². The Morgan fingerprint density at radius 1 is 1.32 bits per heavy atom. The van der Waals surface area contributed by atoms with Crippen LogP contribution in [0.2, 0.25) is 0 Å². The molecule has 0 fully saturated rings. The second-order valence-electron chi connectivity index (χ2n) is 4.57. The third kappa shape index (κ3) is 2.12. The van der Waals surface area contributed by atoms with Crippen LogP contribution in [0.4, 0.5) is 0 Å². The van der Waals surface area contributed by atoms with Crippen molar-refractivity contribution in [3.63, 3.8) is 0 Å². The third-order valence-corrected chi connectivity index (χ3v) is 3.26. The molecular formula is C15H15N3O. The van der Waals surface area contributed by atoms with Gasteiger partial charge in [-0.2, -0.15) is 0 Å². The van der Waals surface area contributed by atoms with Gasteiger partial charge in [-0.1, -0.05) is 18.2 Å². The van der Waals surface area contributed by atoms with Crippen molar-refractivity contribution in [1.29, 1.82) is 0 Å². The van der Waals surface area contributed by atoms with Gasteiger partial charge in [-0.15, -0.1) is 0 Å². The number of aromatic amines is 1. The van der Waals surface area contributed by atoms with Crippen LogP contribution in [0.15, 0.2) is 48.9 Å². The maximum absolute atomic E-state index is 12.2. The number of carbonyl (C=O) groups is 1. The fourth-order valence-electron chi connectivity index (χ4n) is 2.27. The maximum Gasteiger partial charge on any atom is 0.253 e. The molecule has 0 aliphatic heterocycles. The van der Waals surface area contributed by atoms with Gasteiger partial charge in [0.1, 0.15) is 0 Å². The smallest absolute Gasteiger partial charge is 0.253 e. The predicted molar refractivity (Wildman–Crippen MR) is 74.9 cm³/mol. The monoisotopic (exact) mass is 253 g/mol. The molecule has 0 atom stereocenters. The summed E-state index contributed by atoms with van der Waals surface area (Å²) in [6.45, 7) is 0.533. The van der Waals surface area contributed by atoms with Gasteiger partial charge in [0.25, 0.3) is 5.91 Å². The van der Waals surface area contributed by atoms with E-state index in [1.54, 1.807) is 0 Å². The van der Waals surface area contributed by atoms with Crippen molar-refractivity contribution in [2.24, 2.45) is 7.05 Å². The number of aromatic nitrogens is 2. The number of nitrogens with one attached hydrogen (secondary N) is 2. The molecular weight excluding hydrogens is 238 g/mol. The molecule has 0 spiro atoms. The Bertz CT molecular complexity index is 710. The largest absolute Gasteiger partial charge is 0.367 e. The number of para-hydroxylation sites is 1. The first-order valence-electron chi connectivity index (χ1n) is 6.19. The Labute approximate surface area is 111 Å². The minimum Gasteiger partial charge on any atom is -0.367 e. The highest BCUT2D eigenvalue weighted by Crippen LogP contribution is 2.20. The number of fused-ring (bicyclic) bond motifs is 1. The first-order chi connectivity index (χ1) is 9.25. The molecule has 0 saturated carbocycles. The van der Waals surface area contributed by atoms with E-state index in [2.05, 4.69) is 10.3 Å². The molecule has 3 rings (SSSR count). The van der Waals surface area contributed by atoms with Crippen LogP contribution in [0.3, 0.4) is 0 Å². The van der Waals surface area contributed by atoms with Crippen LogP contribution in [0.25, 0.3) is 10.9 Å². The van der Waals surface area contributed by atoms with E-state index < -0.39 is 0 Å². The van der Waals surface area contributed by atoms with Crippen molar-refractivity contribution in [2.75, 3.05) is 0 Å². The molecule has 0 bridgehead atoms. The molecule has 0 unspecified atom stereocenters. The predicted octanol–water partition coefficient (Wildman–Crippen LogP) is 2.44.